The van der Waals surface area contributed by atoms with Crippen molar-refractivity contribution in [2.45, 2.75) is 55.8 Å². The maximum absolute atomic E-state index is 14.9. The van der Waals surface area contributed by atoms with Gasteiger partial charge in [0.15, 0.2) is 11.3 Å². The Hall–Kier alpha value is -2.40. The normalized spacial score (nSPS) is 25.8. The number of hydrogen-bond donors (Lipinski definition) is 0. The molecule has 2 aliphatic heterocycles. The van der Waals surface area contributed by atoms with E-state index >= 15 is 0 Å². The third-order valence-corrected chi connectivity index (χ3v) is 7.39. The lowest BCUT2D eigenvalue weighted by molar-refractivity contribution is -0.252. The van der Waals surface area contributed by atoms with Gasteiger partial charge in [0.1, 0.15) is 35.2 Å². The number of aliphatic imine (C=N–C) groups is 1. The summed E-state index contributed by atoms with van der Waals surface area (Å²) in [4.78, 5) is 6.62. The molecule has 0 radical (unpaired) electrons. The number of amidine groups is 1. The summed E-state index contributed by atoms with van der Waals surface area (Å²) in [5, 5.41) is 0.706. The van der Waals surface area contributed by atoms with Crippen LogP contribution in [0.4, 0.5) is 8.78 Å². The molecule has 196 valence electrons. The minimum Gasteiger partial charge on any atom is -0.497 e. The predicted octanol–water partition coefficient (Wildman–Crippen LogP) is 4.59. The SMILES string of the molecule is COc1ccc(CO[C@@H]2[C@H]3N=C(N(C)C)S[C@H]3O[C@H](C(C)(F)F)[C@H]2OCc2ccc(OC)cc2)cc1. The average Bonchev–Trinajstić information content (AvgIpc) is 3.30. The van der Waals surface area contributed by atoms with E-state index in [-0.39, 0.29) is 13.2 Å². The van der Waals surface area contributed by atoms with Crippen LogP contribution in [0.25, 0.3) is 0 Å². The first-order chi connectivity index (χ1) is 17.2. The second-order valence-electron chi connectivity index (χ2n) is 9.04. The van der Waals surface area contributed by atoms with E-state index in [1.54, 1.807) is 26.4 Å². The highest BCUT2D eigenvalue weighted by Gasteiger charge is 2.57. The molecular formula is C26H32F2N2O5S. The molecule has 2 aliphatic rings. The molecule has 2 heterocycles. The van der Waals surface area contributed by atoms with Gasteiger partial charge in [-0.15, -0.1) is 0 Å². The van der Waals surface area contributed by atoms with Gasteiger partial charge in [0, 0.05) is 21.0 Å². The average molecular weight is 523 g/mol. The zero-order chi connectivity index (χ0) is 25.9. The van der Waals surface area contributed by atoms with Crippen LogP contribution in [-0.4, -0.2) is 74.1 Å². The van der Waals surface area contributed by atoms with E-state index in [1.165, 1.54) is 11.8 Å². The Morgan fingerprint density at radius 2 is 1.39 bits per heavy atom. The van der Waals surface area contributed by atoms with Crippen molar-refractivity contribution in [1.82, 2.24) is 4.90 Å². The van der Waals surface area contributed by atoms with E-state index in [0.717, 1.165) is 23.8 Å². The quantitative estimate of drug-likeness (QED) is 0.478. The van der Waals surface area contributed by atoms with Crippen molar-refractivity contribution in [3.8, 4) is 11.5 Å². The molecule has 0 amide bonds. The van der Waals surface area contributed by atoms with Crippen molar-refractivity contribution in [2.75, 3.05) is 28.3 Å². The molecular weight excluding hydrogens is 490 g/mol. The summed E-state index contributed by atoms with van der Waals surface area (Å²) in [5.74, 6) is -1.72. The lowest BCUT2D eigenvalue weighted by Gasteiger charge is -2.44. The number of nitrogens with zero attached hydrogens (tertiary/aromatic N) is 2. The number of methoxy groups -OCH3 is 2. The van der Waals surface area contributed by atoms with Crippen molar-refractivity contribution in [1.29, 1.82) is 0 Å². The number of ether oxygens (including phenoxy) is 5. The summed E-state index contributed by atoms with van der Waals surface area (Å²) in [6, 6.07) is 14.2. The molecule has 5 atom stereocenters. The summed E-state index contributed by atoms with van der Waals surface area (Å²) in [6.07, 6.45) is -3.29. The minimum atomic E-state index is -3.15. The fourth-order valence-corrected chi connectivity index (χ4v) is 5.28. The standard InChI is InChI=1S/C26H32F2N2O5S/c1-26(27,28)23-22(34-15-17-8-12-19(32-5)13-9-17)21(20-24(35-23)36-25(29-20)30(2)3)33-14-16-6-10-18(31-4)11-7-16/h6-13,20-24H,14-15H2,1-5H3/t20-,21-,22+,23+,24-/m1/s1. The van der Waals surface area contributed by atoms with Crippen molar-refractivity contribution in [3.63, 3.8) is 0 Å². The number of rotatable bonds is 9. The van der Waals surface area contributed by atoms with Crippen LogP contribution in [-0.2, 0) is 27.4 Å². The van der Waals surface area contributed by atoms with E-state index in [9.17, 15) is 8.78 Å². The smallest absolute Gasteiger partial charge is 0.273 e. The van der Waals surface area contributed by atoms with Crippen LogP contribution in [0.15, 0.2) is 53.5 Å². The van der Waals surface area contributed by atoms with Gasteiger partial charge in [-0.3, -0.25) is 4.99 Å². The molecule has 2 aromatic rings. The van der Waals surface area contributed by atoms with Crippen molar-refractivity contribution < 1.29 is 32.5 Å². The van der Waals surface area contributed by atoms with E-state index in [0.29, 0.717) is 10.9 Å². The molecule has 2 aromatic carbocycles. The Labute approximate surface area is 214 Å². The van der Waals surface area contributed by atoms with Gasteiger partial charge in [0.05, 0.1) is 27.4 Å². The zero-order valence-electron chi connectivity index (χ0n) is 21.0. The molecule has 4 rings (SSSR count). The van der Waals surface area contributed by atoms with Crippen molar-refractivity contribution in [3.05, 3.63) is 59.7 Å². The van der Waals surface area contributed by atoms with Gasteiger partial charge in [-0.1, -0.05) is 36.0 Å². The van der Waals surface area contributed by atoms with Crippen molar-refractivity contribution >= 4 is 16.9 Å². The highest BCUT2D eigenvalue weighted by Crippen LogP contribution is 2.43. The molecule has 0 saturated carbocycles. The Balaban J connectivity index is 1.60. The molecule has 0 aromatic heterocycles. The summed E-state index contributed by atoms with van der Waals surface area (Å²) in [6.45, 7) is 1.18. The van der Waals surface area contributed by atoms with Crippen LogP contribution < -0.4 is 9.47 Å². The van der Waals surface area contributed by atoms with Crippen LogP contribution in [0.3, 0.4) is 0 Å². The van der Waals surface area contributed by atoms with Gasteiger partial charge in [0.25, 0.3) is 5.92 Å². The Kier molecular flexibility index (Phi) is 8.39. The van der Waals surface area contributed by atoms with Crippen LogP contribution in [0.1, 0.15) is 18.1 Å². The maximum atomic E-state index is 14.9. The van der Waals surface area contributed by atoms with Crippen LogP contribution in [0.2, 0.25) is 0 Å². The van der Waals surface area contributed by atoms with E-state index in [4.69, 9.17) is 28.7 Å². The number of halogens is 2. The Bertz CT molecular complexity index is 1030. The maximum Gasteiger partial charge on any atom is 0.273 e. The van der Waals surface area contributed by atoms with Gasteiger partial charge < -0.3 is 28.6 Å². The van der Waals surface area contributed by atoms with Crippen LogP contribution in [0, 0.1) is 0 Å². The van der Waals surface area contributed by atoms with Gasteiger partial charge in [0.2, 0.25) is 0 Å². The van der Waals surface area contributed by atoms with Crippen molar-refractivity contribution in [2.24, 2.45) is 4.99 Å². The summed E-state index contributed by atoms with van der Waals surface area (Å²) in [5.41, 5.74) is 1.11. The largest absolute Gasteiger partial charge is 0.497 e. The predicted molar refractivity (Wildman–Crippen MR) is 135 cm³/mol. The highest BCUT2D eigenvalue weighted by molar-refractivity contribution is 8.14. The molecule has 0 bridgehead atoms. The first kappa shape index (κ1) is 26.7. The Morgan fingerprint density at radius 1 is 0.889 bits per heavy atom. The van der Waals surface area contributed by atoms with Gasteiger partial charge in [-0.05, 0) is 35.4 Å². The zero-order valence-corrected chi connectivity index (χ0v) is 21.8. The molecule has 36 heavy (non-hydrogen) atoms. The Morgan fingerprint density at radius 3 is 1.83 bits per heavy atom. The van der Waals surface area contributed by atoms with Crippen LogP contribution >= 0.6 is 11.8 Å². The van der Waals surface area contributed by atoms with Gasteiger partial charge in [-0.2, -0.15) is 0 Å². The number of alkyl halides is 2. The fourth-order valence-electron chi connectivity index (χ4n) is 4.15. The number of hydrogen-bond acceptors (Lipinski definition) is 8. The minimum absolute atomic E-state index is 0.113. The first-order valence-electron chi connectivity index (χ1n) is 11.6. The van der Waals surface area contributed by atoms with E-state index in [1.807, 2.05) is 55.4 Å². The lowest BCUT2D eigenvalue weighted by Crippen LogP contribution is -2.61. The fraction of sp³-hybridized carbons (Fsp3) is 0.500. The number of thioether (sulfide) groups is 1. The van der Waals surface area contributed by atoms with E-state index in [2.05, 4.69) is 0 Å². The second-order valence-corrected chi connectivity index (χ2v) is 10.1. The monoisotopic (exact) mass is 522 g/mol. The molecule has 1 saturated heterocycles. The molecule has 7 nitrogen and oxygen atoms in total. The highest BCUT2D eigenvalue weighted by atomic mass is 32.2. The molecule has 0 spiro atoms. The molecule has 0 aliphatic carbocycles. The number of fused-ring (bicyclic) bond motifs is 1. The second kappa shape index (κ2) is 11.3. The lowest BCUT2D eigenvalue weighted by atomic mass is 9.94. The topological polar surface area (TPSA) is 61.8 Å². The van der Waals surface area contributed by atoms with Gasteiger partial charge >= 0.3 is 0 Å². The molecule has 0 unspecified atom stereocenters. The molecule has 10 heteroatoms. The van der Waals surface area contributed by atoms with Gasteiger partial charge in [-0.25, -0.2) is 8.78 Å². The molecule has 1 fully saturated rings. The summed E-state index contributed by atoms with van der Waals surface area (Å²) >= 11 is 1.33. The first-order valence-corrected chi connectivity index (χ1v) is 12.5. The molecule has 0 N–H and O–H groups in total. The van der Waals surface area contributed by atoms with E-state index < -0.39 is 35.7 Å². The summed E-state index contributed by atoms with van der Waals surface area (Å²) < 4.78 is 58.5. The summed E-state index contributed by atoms with van der Waals surface area (Å²) in [7, 11) is 6.91. The van der Waals surface area contributed by atoms with Crippen LogP contribution in [0.5, 0.6) is 11.5 Å². The third-order valence-electron chi connectivity index (χ3n) is 6.08. The third kappa shape index (κ3) is 6.11. The number of benzene rings is 2.